The molecule has 0 fully saturated rings. The van der Waals surface area contributed by atoms with Gasteiger partial charge >= 0.3 is 17.9 Å². The molecule has 0 amide bonds. The molecule has 470 valence electrons. The average molecular weight is 1140 g/mol. The zero-order valence-corrected chi connectivity index (χ0v) is 54.0. The number of carbonyl (C=O) groups excluding carboxylic acids is 3. The Morgan fingerprint density at radius 2 is 0.476 bits per heavy atom. The standard InChI is InChI=1S/C76H130O6/c1-4-7-10-13-16-19-22-25-27-29-30-31-32-33-34-35-36-37-38-39-40-41-42-43-44-45-46-48-49-51-54-57-60-63-66-69-75(78)81-72-73(71-80-74(77)68-65-62-59-56-53-24-21-18-15-12-9-6-3)82-76(79)70-67-64-61-58-55-52-50-47-28-26-23-20-17-14-11-8-5-2/h7,10,16,19,25,27,30-31,33-34,36-37,39-40,42-43,45-46,73H,4-6,8-9,11-15,17-18,20-24,26,28-29,32,35,38,41,44,47-72H2,1-3H3/b10-7-,19-16-,27-25-,31-30-,34-33-,37-36-,40-39-,43-42-,46-45-. The summed E-state index contributed by atoms with van der Waals surface area (Å²) in [5, 5.41) is 0. The smallest absolute Gasteiger partial charge is 0.306 e. The van der Waals surface area contributed by atoms with E-state index in [-0.39, 0.29) is 31.1 Å². The van der Waals surface area contributed by atoms with Crippen molar-refractivity contribution in [3.8, 4) is 0 Å². The predicted octanol–water partition coefficient (Wildman–Crippen LogP) is 24.2. The summed E-state index contributed by atoms with van der Waals surface area (Å²) in [6, 6.07) is 0. The van der Waals surface area contributed by atoms with Crippen molar-refractivity contribution in [2.45, 2.75) is 341 Å². The third-order valence-electron chi connectivity index (χ3n) is 15.0. The first kappa shape index (κ1) is 78.1. The van der Waals surface area contributed by atoms with Gasteiger partial charge in [0.25, 0.3) is 0 Å². The molecule has 0 aliphatic rings. The van der Waals surface area contributed by atoms with Crippen LogP contribution < -0.4 is 0 Å². The maximum absolute atomic E-state index is 12.9. The molecule has 82 heavy (non-hydrogen) atoms. The number of carbonyl (C=O) groups is 3. The highest BCUT2D eigenvalue weighted by atomic mass is 16.6. The molecule has 1 atom stereocenters. The Morgan fingerprint density at radius 3 is 0.744 bits per heavy atom. The number of hydrogen-bond donors (Lipinski definition) is 0. The summed E-state index contributed by atoms with van der Waals surface area (Å²) in [6.07, 6.45) is 95.4. The normalized spacial score (nSPS) is 12.8. The molecule has 0 N–H and O–H groups in total. The summed E-state index contributed by atoms with van der Waals surface area (Å²) in [5.74, 6) is -0.873. The molecule has 0 aliphatic carbocycles. The van der Waals surface area contributed by atoms with E-state index in [4.69, 9.17) is 14.2 Å². The number of hydrogen-bond acceptors (Lipinski definition) is 6. The zero-order chi connectivity index (χ0) is 59.2. The van der Waals surface area contributed by atoms with Gasteiger partial charge < -0.3 is 14.2 Å². The second-order valence-electron chi connectivity index (χ2n) is 23.1. The topological polar surface area (TPSA) is 78.9 Å². The molecule has 0 saturated carbocycles. The average Bonchev–Trinajstić information content (AvgIpc) is 3.47. The van der Waals surface area contributed by atoms with Crippen molar-refractivity contribution in [2.75, 3.05) is 13.2 Å². The van der Waals surface area contributed by atoms with E-state index in [1.807, 2.05) is 0 Å². The Bertz CT molecular complexity index is 1640. The third-order valence-corrected chi connectivity index (χ3v) is 15.0. The molecule has 0 aromatic heterocycles. The minimum Gasteiger partial charge on any atom is -0.462 e. The first-order valence-corrected chi connectivity index (χ1v) is 34.9. The molecule has 0 saturated heterocycles. The second kappa shape index (κ2) is 69.6. The lowest BCUT2D eigenvalue weighted by Crippen LogP contribution is -2.30. The van der Waals surface area contributed by atoms with Crippen molar-refractivity contribution >= 4 is 17.9 Å². The molecule has 0 aromatic carbocycles. The van der Waals surface area contributed by atoms with Gasteiger partial charge in [-0.05, 0) is 89.9 Å². The number of allylic oxidation sites excluding steroid dienone is 18. The van der Waals surface area contributed by atoms with E-state index in [1.165, 1.54) is 173 Å². The SMILES string of the molecule is CC/C=C\C/C=C\C/C=C\C/C=C\C/C=C\C/C=C\C/C=C\C/C=C\C/C=C\CCCCCCCCCC(=O)OCC(COC(=O)CCCCCCCCCCCCCC)OC(=O)CCCCCCCCCCCCCCCCCCC. The Labute approximate surface area is 508 Å². The molecule has 0 aliphatic heterocycles. The van der Waals surface area contributed by atoms with Gasteiger partial charge in [0.15, 0.2) is 6.10 Å². The van der Waals surface area contributed by atoms with Crippen LogP contribution in [0.15, 0.2) is 109 Å². The van der Waals surface area contributed by atoms with Crippen LogP contribution in [0.5, 0.6) is 0 Å². The highest BCUT2D eigenvalue weighted by Crippen LogP contribution is 2.17. The highest BCUT2D eigenvalue weighted by Gasteiger charge is 2.19. The first-order valence-electron chi connectivity index (χ1n) is 34.9. The Kier molecular flexibility index (Phi) is 66.2. The fourth-order valence-electron chi connectivity index (χ4n) is 9.85. The molecule has 6 heteroatoms. The van der Waals surface area contributed by atoms with Crippen LogP contribution in [0, 0.1) is 0 Å². The predicted molar refractivity (Wildman–Crippen MR) is 357 cm³/mol. The van der Waals surface area contributed by atoms with Crippen molar-refractivity contribution in [1.29, 1.82) is 0 Å². The van der Waals surface area contributed by atoms with Crippen LogP contribution in [0.25, 0.3) is 0 Å². The third kappa shape index (κ3) is 66.9. The van der Waals surface area contributed by atoms with Gasteiger partial charge in [-0.3, -0.25) is 14.4 Å². The summed E-state index contributed by atoms with van der Waals surface area (Å²) in [4.78, 5) is 38.3. The van der Waals surface area contributed by atoms with E-state index in [0.717, 1.165) is 122 Å². The van der Waals surface area contributed by atoms with Crippen LogP contribution in [-0.2, 0) is 28.6 Å². The van der Waals surface area contributed by atoms with Crippen molar-refractivity contribution < 1.29 is 28.6 Å². The van der Waals surface area contributed by atoms with Gasteiger partial charge in [0, 0.05) is 19.3 Å². The van der Waals surface area contributed by atoms with E-state index in [0.29, 0.717) is 19.3 Å². The maximum atomic E-state index is 12.9. The molecule has 0 radical (unpaired) electrons. The molecule has 0 heterocycles. The van der Waals surface area contributed by atoms with Crippen molar-refractivity contribution in [2.24, 2.45) is 0 Å². The molecule has 0 aromatic rings. The molecule has 0 rings (SSSR count). The number of rotatable bonds is 63. The highest BCUT2D eigenvalue weighted by molar-refractivity contribution is 5.71. The van der Waals surface area contributed by atoms with Crippen LogP contribution in [0.2, 0.25) is 0 Å². The van der Waals surface area contributed by atoms with Gasteiger partial charge in [0.05, 0.1) is 0 Å². The summed E-state index contributed by atoms with van der Waals surface area (Å²) >= 11 is 0. The van der Waals surface area contributed by atoms with Gasteiger partial charge in [0.1, 0.15) is 13.2 Å². The van der Waals surface area contributed by atoms with E-state index in [2.05, 4.69) is 130 Å². The molecular formula is C76H130O6. The monoisotopic (exact) mass is 1140 g/mol. The van der Waals surface area contributed by atoms with E-state index in [1.54, 1.807) is 0 Å². The van der Waals surface area contributed by atoms with Crippen LogP contribution in [0.1, 0.15) is 335 Å². The molecule has 6 nitrogen and oxygen atoms in total. The summed E-state index contributed by atoms with van der Waals surface area (Å²) in [5.41, 5.74) is 0. The van der Waals surface area contributed by atoms with E-state index in [9.17, 15) is 14.4 Å². The maximum Gasteiger partial charge on any atom is 0.306 e. The molecular weight excluding hydrogens is 1010 g/mol. The van der Waals surface area contributed by atoms with Crippen molar-refractivity contribution in [3.05, 3.63) is 109 Å². The number of esters is 3. The fourth-order valence-corrected chi connectivity index (χ4v) is 9.85. The van der Waals surface area contributed by atoms with Gasteiger partial charge in [-0.15, -0.1) is 0 Å². The summed E-state index contributed by atoms with van der Waals surface area (Å²) in [7, 11) is 0. The largest absolute Gasteiger partial charge is 0.462 e. The lowest BCUT2D eigenvalue weighted by molar-refractivity contribution is -0.167. The van der Waals surface area contributed by atoms with Gasteiger partial charge in [-0.2, -0.15) is 0 Å². The van der Waals surface area contributed by atoms with Crippen LogP contribution in [-0.4, -0.2) is 37.2 Å². The van der Waals surface area contributed by atoms with E-state index < -0.39 is 6.10 Å². The van der Waals surface area contributed by atoms with Crippen molar-refractivity contribution in [3.63, 3.8) is 0 Å². The zero-order valence-electron chi connectivity index (χ0n) is 54.0. The quantitative estimate of drug-likeness (QED) is 0.0261. The van der Waals surface area contributed by atoms with Crippen LogP contribution in [0.3, 0.4) is 0 Å². The lowest BCUT2D eigenvalue weighted by Gasteiger charge is -2.18. The van der Waals surface area contributed by atoms with E-state index >= 15 is 0 Å². The number of ether oxygens (including phenoxy) is 3. The van der Waals surface area contributed by atoms with Crippen LogP contribution >= 0.6 is 0 Å². The minimum atomic E-state index is -0.780. The Morgan fingerprint density at radius 1 is 0.256 bits per heavy atom. The lowest BCUT2D eigenvalue weighted by atomic mass is 10.0. The molecule has 1 unspecified atom stereocenters. The summed E-state index contributed by atoms with van der Waals surface area (Å²) < 4.78 is 16.9. The fraction of sp³-hybridized carbons (Fsp3) is 0.724. The van der Waals surface area contributed by atoms with Gasteiger partial charge in [-0.25, -0.2) is 0 Å². The summed E-state index contributed by atoms with van der Waals surface area (Å²) in [6.45, 7) is 6.55. The molecule has 0 spiro atoms. The van der Waals surface area contributed by atoms with Gasteiger partial charge in [0.2, 0.25) is 0 Å². The van der Waals surface area contributed by atoms with Crippen molar-refractivity contribution in [1.82, 2.24) is 0 Å². The molecule has 0 bridgehead atoms. The second-order valence-corrected chi connectivity index (χ2v) is 23.1. The first-order chi connectivity index (χ1) is 40.5. The van der Waals surface area contributed by atoms with Crippen LogP contribution in [0.4, 0.5) is 0 Å². The van der Waals surface area contributed by atoms with Gasteiger partial charge in [-0.1, -0.05) is 336 Å². The minimum absolute atomic E-state index is 0.0763. The Balaban J connectivity index is 4.24. The number of unbranched alkanes of at least 4 members (excludes halogenated alkanes) is 34. The Hall–Kier alpha value is -3.93.